The zero-order valence-corrected chi connectivity index (χ0v) is 13.3. The fourth-order valence-electron chi connectivity index (χ4n) is 2.28. The molecule has 0 saturated carbocycles. The van der Waals surface area contributed by atoms with Gasteiger partial charge in [-0.15, -0.1) is 0 Å². The average molecular weight is 308 g/mol. The van der Waals surface area contributed by atoms with E-state index in [2.05, 4.69) is 19.2 Å². The molecule has 1 atom stereocenters. The van der Waals surface area contributed by atoms with E-state index in [0.29, 0.717) is 11.3 Å². The van der Waals surface area contributed by atoms with Crippen LogP contribution in [0.15, 0.2) is 54.6 Å². The van der Waals surface area contributed by atoms with Crippen LogP contribution >= 0.6 is 0 Å². The first-order valence-electron chi connectivity index (χ1n) is 7.57. The molecule has 4 nitrogen and oxygen atoms in total. The van der Waals surface area contributed by atoms with Gasteiger partial charge in [-0.25, -0.2) is 0 Å². The first-order chi connectivity index (χ1) is 11.1. The van der Waals surface area contributed by atoms with Gasteiger partial charge in [0, 0.05) is 0 Å². The molecule has 4 heteroatoms. The number of nitrogens with one attached hydrogen (secondary N) is 1. The number of nitriles is 1. The Morgan fingerprint density at radius 1 is 1.13 bits per heavy atom. The fourth-order valence-corrected chi connectivity index (χ4v) is 2.28. The highest BCUT2D eigenvalue weighted by Crippen LogP contribution is 2.21. The van der Waals surface area contributed by atoms with Gasteiger partial charge in [-0.3, -0.25) is 4.79 Å². The lowest BCUT2D eigenvalue weighted by Crippen LogP contribution is -2.35. The Kier molecular flexibility index (Phi) is 5.76. The van der Waals surface area contributed by atoms with E-state index in [0.717, 1.165) is 5.56 Å². The van der Waals surface area contributed by atoms with E-state index in [4.69, 9.17) is 10.00 Å². The van der Waals surface area contributed by atoms with Crippen LogP contribution in [-0.2, 0) is 4.79 Å². The summed E-state index contributed by atoms with van der Waals surface area (Å²) in [7, 11) is 0. The molecule has 0 unspecified atom stereocenters. The molecular formula is C19H20N2O2. The lowest BCUT2D eigenvalue weighted by atomic mass is 9.96. The second-order valence-corrected chi connectivity index (χ2v) is 5.62. The highest BCUT2D eigenvalue weighted by molar-refractivity contribution is 5.78. The van der Waals surface area contributed by atoms with Gasteiger partial charge in [0.25, 0.3) is 5.91 Å². The van der Waals surface area contributed by atoms with Crippen molar-refractivity contribution in [3.63, 3.8) is 0 Å². The predicted molar refractivity (Wildman–Crippen MR) is 88.8 cm³/mol. The average Bonchev–Trinajstić information content (AvgIpc) is 2.58. The van der Waals surface area contributed by atoms with Crippen LogP contribution in [0.3, 0.4) is 0 Å². The lowest BCUT2D eigenvalue weighted by molar-refractivity contribution is -0.124. The van der Waals surface area contributed by atoms with Crippen LogP contribution in [-0.4, -0.2) is 12.5 Å². The maximum absolute atomic E-state index is 12.1. The molecule has 0 saturated heterocycles. The van der Waals surface area contributed by atoms with E-state index in [1.807, 2.05) is 36.4 Å². The van der Waals surface area contributed by atoms with Gasteiger partial charge in [-0.1, -0.05) is 44.2 Å². The van der Waals surface area contributed by atoms with Crippen molar-refractivity contribution in [2.45, 2.75) is 19.9 Å². The number of rotatable bonds is 6. The molecule has 0 radical (unpaired) electrons. The molecule has 2 aromatic rings. The molecule has 1 amide bonds. The van der Waals surface area contributed by atoms with Crippen molar-refractivity contribution in [2.75, 3.05) is 6.61 Å². The van der Waals surface area contributed by atoms with Crippen LogP contribution in [0.4, 0.5) is 0 Å². The number of amides is 1. The standard InChI is InChI=1S/C19H20N2O2/c1-14(2)19(16-6-4-3-5-7-16)21-18(22)13-23-17-10-8-15(12-20)9-11-17/h3-11,14,19H,13H2,1-2H3,(H,21,22)/t19-/m0/s1. The molecule has 23 heavy (non-hydrogen) atoms. The van der Waals surface area contributed by atoms with E-state index in [1.165, 1.54) is 0 Å². The van der Waals surface area contributed by atoms with Crippen molar-refractivity contribution in [1.82, 2.24) is 5.32 Å². The Morgan fingerprint density at radius 3 is 2.35 bits per heavy atom. The summed E-state index contributed by atoms with van der Waals surface area (Å²) in [5, 5.41) is 11.8. The van der Waals surface area contributed by atoms with Crippen LogP contribution in [0.2, 0.25) is 0 Å². The van der Waals surface area contributed by atoms with Crippen LogP contribution in [0, 0.1) is 17.2 Å². The minimum Gasteiger partial charge on any atom is -0.484 e. The molecule has 0 aromatic heterocycles. The molecule has 2 aromatic carbocycles. The van der Waals surface area contributed by atoms with Crippen molar-refractivity contribution in [1.29, 1.82) is 5.26 Å². The number of hydrogen-bond donors (Lipinski definition) is 1. The summed E-state index contributed by atoms with van der Waals surface area (Å²) in [6.45, 7) is 4.08. The summed E-state index contributed by atoms with van der Waals surface area (Å²) in [6, 6.07) is 18.6. The maximum atomic E-state index is 12.1. The van der Waals surface area contributed by atoms with Gasteiger partial charge in [-0.2, -0.15) is 5.26 Å². The van der Waals surface area contributed by atoms with Crippen LogP contribution in [0.5, 0.6) is 5.75 Å². The number of carbonyl (C=O) groups is 1. The van der Waals surface area contributed by atoms with Crippen LogP contribution < -0.4 is 10.1 Å². The van der Waals surface area contributed by atoms with E-state index >= 15 is 0 Å². The van der Waals surface area contributed by atoms with Crippen molar-refractivity contribution in [3.05, 3.63) is 65.7 Å². The molecular weight excluding hydrogens is 288 g/mol. The van der Waals surface area contributed by atoms with Crippen molar-refractivity contribution < 1.29 is 9.53 Å². The van der Waals surface area contributed by atoms with E-state index in [9.17, 15) is 4.79 Å². The largest absolute Gasteiger partial charge is 0.484 e. The quantitative estimate of drug-likeness (QED) is 0.889. The van der Waals surface area contributed by atoms with Crippen molar-refractivity contribution in [2.24, 2.45) is 5.92 Å². The smallest absolute Gasteiger partial charge is 0.258 e. The SMILES string of the molecule is CC(C)[C@H](NC(=O)COc1ccc(C#N)cc1)c1ccccc1. The predicted octanol–water partition coefficient (Wildman–Crippen LogP) is 3.45. The fraction of sp³-hybridized carbons (Fsp3) is 0.263. The Labute approximate surface area is 136 Å². The summed E-state index contributed by atoms with van der Waals surface area (Å²) in [6.07, 6.45) is 0. The van der Waals surface area contributed by atoms with Crippen molar-refractivity contribution >= 4 is 5.91 Å². The first-order valence-corrected chi connectivity index (χ1v) is 7.57. The molecule has 0 aliphatic rings. The monoisotopic (exact) mass is 308 g/mol. The highest BCUT2D eigenvalue weighted by Gasteiger charge is 2.18. The third kappa shape index (κ3) is 4.86. The molecule has 0 spiro atoms. The second kappa shape index (κ2) is 8.00. The first kappa shape index (κ1) is 16.6. The van der Waals surface area contributed by atoms with Gasteiger partial charge in [0.05, 0.1) is 17.7 Å². The molecule has 2 rings (SSSR count). The summed E-state index contributed by atoms with van der Waals surface area (Å²) >= 11 is 0. The van der Waals surface area contributed by atoms with Gasteiger partial charge >= 0.3 is 0 Å². The topological polar surface area (TPSA) is 62.1 Å². The Morgan fingerprint density at radius 2 is 1.78 bits per heavy atom. The van der Waals surface area contributed by atoms with E-state index < -0.39 is 0 Å². The number of nitrogens with zero attached hydrogens (tertiary/aromatic N) is 1. The molecule has 1 N–H and O–H groups in total. The summed E-state index contributed by atoms with van der Waals surface area (Å²) in [5.41, 5.74) is 1.64. The molecule has 0 heterocycles. The number of carbonyl (C=O) groups excluding carboxylic acids is 1. The molecule has 118 valence electrons. The minimum absolute atomic E-state index is 0.0479. The third-order valence-corrected chi connectivity index (χ3v) is 3.50. The van der Waals surface area contributed by atoms with Gasteiger partial charge < -0.3 is 10.1 Å². The zero-order valence-electron chi connectivity index (χ0n) is 13.3. The van der Waals surface area contributed by atoms with Gasteiger partial charge in [0.15, 0.2) is 6.61 Å². The Hall–Kier alpha value is -2.80. The molecule has 0 aliphatic carbocycles. The van der Waals surface area contributed by atoms with Crippen molar-refractivity contribution in [3.8, 4) is 11.8 Å². The highest BCUT2D eigenvalue weighted by atomic mass is 16.5. The maximum Gasteiger partial charge on any atom is 0.258 e. The Bertz CT molecular complexity index is 673. The number of benzene rings is 2. The molecule has 0 bridgehead atoms. The Balaban J connectivity index is 1.93. The summed E-state index contributed by atoms with van der Waals surface area (Å²) in [4.78, 5) is 12.1. The third-order valence-electron chi connectivity index (χ3n) is 3.50. The number of ether oxygens (including phenoxy) is 1. The second-order valence-electron chi connectivity index (χ2n) is 5.62. The normalized spacial score (nSPS) is 11.6. The van der Waals surface area contributed by atoms with Crippen LogP contribution in [0.1, 0.15) is 31.0 Å². The lowest BCUT2D eigenvalue weighted by Gasteiger charge is -2.23. The van der Waals surface area contributed by atoms with Crippen LogP contribution in [0.25, 0.3) is 0 Å². The molecule has 0 aliphatic heterocycles. The van der Waals surface area contributed by atoms with E-state index in [1.54, 1.807) is 24.3 Å². The van der Waals surface area contributed by atoms with E-state index in [-0.39, 0.29) is 24.5 Å². The van der Waals surface area contributed by atoms with Gasteiger partial charge in [0.2, 0.25) is 0 Å². The zero-order chi connectivity index (χ0) is 16.7. The molecule has 0 fully saturated rings. The minimum atomic E-state index is -0.170. The van der Waals surface area contributed by atoms with Gasteiger partial charge in [-0.05, 0) is 35.7 Å². The van der Waals surface area contributed by atoms with Gasteiger partial charge in [0.1, 0.15) is 5.75 Å². The number of hydrogen-bond acceptors (Lipinski definition) is 3. The summed E-state index contributed by atoms with van der Waals surface area (Å²) < 4.78 is 5.46. The summed E-state index contributed by atoms with van der Waals surface area (Å²) in [5.74, 6) is 0.674.